The van der Waals surface area contributed by atoms with Crippen LogP contribution in [-0.2, 0) is 10.8 Å². The smallest absolute Gasteiger partial charge is 0.234 e. The van der Waals surface area contributed by atoms with Gasteiger partial charge in [0.15, 0.2) is 0 Å². The van der Waals surface area contributed by atoms with Crippen LogP contribution in [0.5, 0.6) is 5.88 Å². The first-order chi connectivity index (χ1) is 8.08. The maximum Gasteiger partial charge on any atom is 0.234 e. The van der Waals surface area contributed by atoms with Gasteiger partial charge in [0, 0.05) is 29.4 Å². The molecule has 1 heterocycles. The summed E-state index contributed by atoms with van der Waals surface area (Å²) in [6, 6.07) is 0. The second kappa shape index (κ2) is 7.21. The summed E-state index contributed by atoms with van der Waals surface area (Å²) in [5, 5.41) is 3.06. The maximum absolute atomic E-state index is 10.9. The lowest BCUT2D eigenvalue weighted by Crippen LogP contribution is -2.12. The Balaban J connectivity index is 2.45. The minimum absolute atomic E-state index is 0.455. The van der Waals surface area contributed by atoms with Crippen molar-refractivity contribution in [1.29, 1.82) is 0 Å². The average Bonchev–Trinajstić information content (AvgIpc) is 2.26. The van der Waals surface area contributed by atoms with Crippen LogP contribution in [0.2, 0.25) is 0 Å². The Morgan fingerprint density at radius 1 is 1.47 bits per heavy atom. The highest BCUT2D eigenvalue weighted by atomic mass is 32.2. The zero-order valence-corrected chi connectivity index (χ0v) is 11.3. The molecule has 5 nitrogen and oxygen atoms in total. The van der Waals surface area contributed by atoms with E-state index >= 15 is 0 Å². The zero-order valence-electron chi connectivity index (χ0n) is 10.5. The highest BCUT2D eigenvalue weighted by molar-refractivity contribution is 7.84. The molecule has 1 unspecified atom stereocenters. The molecule has 0 fully saturated rings. The van der Waals surface area contributed by atoms with Gasteiger partial charge in [-0.25, -0.2) is 0 Å². The first-order valence-corrected chi connectivity index (χ1v) is 7.29. The number of ether oxygens (including phenoxy) is 1. The molecule has 0 aliphatic heterocycles. The summed E-state index contributed by atoms with van der Waals surface area (Å²) in [6.07, 6.45) is 4.89. The fraction of sp³-hybridized carbons (Fsp3) is 0.636. The summed E-state index contributed by atoms with van der Waals surface area (Å²) >= 11 is 0. The van der Waals surface area contributed by atoms with Crippen molar-refractivity contribution in [3.63, 3.8) is 0 Å². The first kappa shape index (κ1) is 13.9. The molecule has 0 spiro atoms. The van der Waals surface area contributed by atoms with Crippen LogP contribution >= 0.6 is 0 Å². The van der Waals surface area contributed by atoms with Crippen molar-refractivity contribution in [2.45, 2.75) is 13.8 Å². The fourth-order valence-corrected chi connectivity index (χ4v) is 1.47. The minimum Gasteiger partial charge on any atom is -0.476 e. The second-order valence-electron chi connectivity index (χ2n) is 4.15. The van der Waals surface area contributed by atoms with E-state index in [0.717, 1.165) is 0 Å². The minimum atomic E-state index is -0.796. The molecular formula is C11H19N3O2S. The van der Waals surface area contributed by atoms with Gasteiger partial charge in [0.1, 0.15) is 5.82 Å². The van der Waals surface area contributed by atoms with Gasteiger partial charge in [-0.1, -0.05) is 13.8 Å². The van der Waals surface area contributed by atoms with Crippen LogP contribution in [-0.4, -0.2) is 39.3 Å². The van der Waals surface area contributed by atoms with Gasteiger partial charge in [-0.2, -0.15) is 4.98 Å². The summed E-state index contributed by atoms with van der Waals surface area (Å²) in [5.74, 6) is 2.22. The van der Waals surface area contributed by atoms with Gasteiger partial charge in [-0.3, -0.25) is 9.19 Å². The van der Waals surface area contributed by atoms with E-state index in [2.05, 4.69) is 29.1 Å². The molecule has 1 aromatic heterocycles. The number of rotatable bonds is 7. The predicted octanol–water partition coefficient (Wildman–Crippen LogP) is 1.30. The molecule has 0 aliphatic rings. The Labute approximate surface area is 104 Å². The fourth-order valence-electron chi connectivity index (χ4n) is 1.08. The van der Waals surface area contributed by atoms with E-state index in [1.165, 1.54) is 0 Å². The molecule has 0 radical (unpaired) electrons. The third kappa shape index (κ3) is 6.21. The summed E-state index contributed by atoms with van der Waals surface area (Å²) in [7, 11) is -0.796. The number of anilines is 1. The Kier molecular flexibility index (Phi) is 5.90. The summed E-state index contributed by atoms with van der Waals surface area (Å²) in [5.41, 5.74) is 0. The van der Waals surface area contributed by atoms with Gasteiger partial charge in [0.2, 0.25) is 5.88 Å². The molecule has 1 atom stereocenters. The van der Waals surface area contributed by atoms with Gasteiger partial charge in [-0.05, 0) is 5.92 Å². The van der Waals surface area contributed by atoms with Gasteiger partial charge < -0.3 is 10.1 Å². The van der Waals surface area contributed by atoms with Gasteiger partial charge in [0.25, 0.3) is 0 Å². The maximum atomic E-state index is 10.9. The van der Waals surface area contributed by atoms with Crippen molar-refractivity contribution in [1.82, 2.24) is 9.97 Å². The highest BCUT2D eigenvalue weighted by Gasteiger charge is 2.01. The van der Waals surface area contributed by atoms with E-state index in [9.17, 15) is 4.21 Å². The third-order valence-corrected chi connectivity index (χ3v) is 2.65. The van der Waals surface area contributed by atoms with E-state index in [-0.39, 0.29) is 0 Å². The van der Waals surface area contributed by atoms with Gasteiger partial charge in [0.05, 0.1) is 19.0 Å². The molecule has 1 aromatic rings. The standard InChI is InChI=1S/C11H19N3O2S/c1-9(2)8-16-11-7-12-6-10(14-11)13-4-5-17(3)15/h6-7,9H,4-5,8H2,1-3H3,(H,13,14). The van der Waals surface area contributed by atoms with Crippen molar-refractivity contribution >= 4 is 16.6 Å². The molecule has 0 bridgehead atoms. The van der Waals surface area contributed by atoms with Crippen LogP contribution < -0.4 is 10.1 Å². The third-order valence-electron chi connectivity index (χ3n) is 1.87. The van der Waals surface area contributed by atoms with Crippen molar-refractivity contribution in [3.05, 3.63) is 12.4 Å². The number of hydrogen-bond acceptors (Lipinski definition) is 5. The largest absolute Gasteiger partial charge is 0.476 e. The molecule has 96 valence electrons. The van der Waals surface area contributed by atoms with E-state index < -0.39 is 10.8 Å². The lowest BCUT2D eigenvalue weighted by molar-refractivity contribution is 0.260. The van der Waals surface area contributed by atoms with E-state index in [0.29, 0.717) is 36.5 Å². The Hall–Kier alpha value is -1.17. The molecular weight excluding hydrogens is 238 g/mol. The van der Waals surface area contributed by atoms with E-state index in [1.54, 1.807) is 18.6 Å². The number of nitrogens with zero attached hydrogens (tertiary/aromatic N) is 2. The van der Waals surface area contributed by atoms with Crippen LogP contribution in [0.15, 0.2) is 12.4 Å². The van der Waals surface area contributed by atoms with E-state index in [1.807, 2.05) is 0 Å². The lowest BCUT2D eigenvalue weighted by atomic mass is 10.2. The molecule has 0 aromatic carbocycles. The van der Waals surface area contributed by atoms with Gasteiger partial charge >= 0.3 is 0 Å². The second-order valence-corrected chi connectivity index (χ2v) is 5.71. The lowest BCUT2D eigenvalue weighted by Gasteiger charge is -2.09. The van der Waals surface area contributed by atoms with Crippen LogP contribution in [0.4, 0.5) is 5.82 Å². The predicted molar refractivity (Wildman–Crippen MR) is 69.8 cm³/mol. The van der Waals surface area contributed by atoms with E-state index in [4.69, 9.17) is 4.74 Å². The van der Waals surface area contributed by atoms with Crippen molar-refractivity contribution in [3.8, 4) is 5.88 Å². The first-order valence-electron chi connectivity index (χ1n) is 5.56. The highest BCUT2D eigenvalue weighted by Crippen LogP contribution is 2.09. The summed E-state index contributed by atoms with van der Waals surface area (Å²) < 4.78 is 16.4. The number of hydrogen-bond donors (Lipinski definition) is 1. The molecule has 1 N–H and O–H groups in total. The normalized spacial score (nSPS) is 12.5. The van der Waals surface area contributed by atoms with Crippen LogP contribution in [0.1, 0.15) is 13.8 Å². The van der Waals surface area contributed by atoms with Crippen LogP contribution in [0, 0.1) is 5.92 Å². The van der Waals surface area contributed by atoms with Crippen molar-refractivity contribution < 1.29 is 8.95 Å². The number of aromatic nitrogens is 2. The van der Waals surface area contributed by atoms with Crippen LogP contribution in [0.25, 0.3) is 0 Å². The molecule has 0 saturated heterocycles. The van der Waals surface area contributed by atoms with Crippen molar-refractivity contribution in [2.75, 3.05) is 30.5 Å². The van der Waals surface area contributed by atoms with Gasteiger partial charge in [-0.15, -0.1) is 0 Å². The topological polar surface area (TPSA) is 64.1 Å². The van der Waals surface area contributed by atoms with Crippen molar-refractivity contribution in [2.24, 2.45) is 5.92 Å². The average molecular weight is 257 g/mol. The summed E-state index contributed by atoms with van der Waals surface area (Å²) in [4.78, 5) is 8.28. The summed E-state index contributed by atoms with van der Waals surface area (Å²) in [6.45, 7) is 5.39. The van der Waals surface area contributed by atoms with Crippen LogP contribution in [0.3, 0.4) is 0 Å². The zero-order chi connectivity index (χ0) is 12.7. The molecule has 0 saturated carbocycles. The Bertz CT molecular complexity index is 371. The molecule has 17 heavy (non-hydrogen) atoms. The number of nitrogens with one attached hydrogen (secondary N) is 1. The Morgan fingerprint density at radius 2 is 2.24 bits per heavy atom. The molecule has 0 amide bonds. The molecule has 1 rings (SSSR count). The molecule has 6 heteroatoms. The monoisotopic (exact) mass is 257 g/mol. The molecule has 0 aliphatic carbocycles. The Morgan fingerprint density at radius 3 is 2.88 bits per heavy atom. The SMILES string of the molecule is CC(C)COc1cncc(NCCS(C)=O)n1. The quantitative estimate of drug-likeness (QED) is 0.797.